The molecule has 0 radical (unpaired) electrons. The number of nitrogens with zero attached hydrogens (tertiary/aromatic N) is 2. The third-order valence-corrected chi connectivity index (χ3v) is 3.79. The number of ketones is 1. The summed E-state index contributed by atoms with van der Waals surface area (Å²) in [6, 6.07) is 7.38. The van der Waals surface area contributed by atoms with Crippen LogP contribution in [0.3, 0.4) is 0 Å². The van der Waals surface area contributed by atoms with Crippen LogP contribution in [0.5, 0.6) is 0 Å². The van der Waals surface area contributed by atoms with Gasteiger partial charge in [0.05, 0.1) is 5.52 Å². The number of amides is 1. The van der Waals surface area contributed by atoms with Crippen molar-refractivity contribution in [3.63, 3.8) is 0 Å². The van der Waals surface area contributed by atoms with E-state index in [-0.39, 0.29) is 17.6 Å². The second kappa shape index (κ2) is 6.56. The van der Waals surface area contributed by atoms with Crippen LogP contribution in [-0.4, -0.2) is 40.7 Å². The molecule has 0 N–H and O–H groups in total. The van der Waals surface area contributed by atoms with Crippen LogP contribution in [0.15, 0.2) is 30.5 Å². The van der Waals surface area contributed by atoms with Crippen LogP contribution in [0.4, 0.5) is 0 Å². The van der Waals surface area contributed by atoms with Crippen molar-refractivity contribution < 1.29 is 14.4 Å². The highest BCUT2D eigenvalue weighted by Crippen LogP contribution is 2.23. The van der Waals surface area contributed by atoms with E-state index in [1.54, 1.807) is 18.1 Å². The average Bonchev–Trinajstić information content (AvgIpc) is 2.86. The smallest absolute Gasteiger partial charge is 0.227 e. The molecule has 0 fully saturated rings. The van der Waals surface area contributed by atoms with Gasteiger partial charge in [0.15, 0.2) is 5.78 Å². The molecule has 5 heteroatoms. The molecule has 2 aromatic rings. The molecule has 0 saturated carbocycles. The lowest BCUT2D eigenvalue weighted by Crippen LogP contribution is -2.25. The van der Waals surface area contributed by atoms with E-state index in [0.717, 1.165) is 10.9 Å². The van der Waals surface area contributed by atoms with E-state index < -0.39 is 0 Å². The van der Waals surface area contributed by atoms with E-state index >= 15 is 0 Å². The molecule has 0 atom stereocenters. The summed E-state index contributed by atoms with van der Waals surface area (Å²) in [5.74, 6) is -0.139. The first kappa shape index (κ1) is 15.9. The Morgan fingerprint density at radius 2 is 1.82 bits per heavy atom. The lowest BCUT2D eigenvalue weighted by atomic mass is 10.1. The van der Waals surface area contributed by atoms with Gasteiger partial charge in [-0.3, -0.25) is 19.0 Å². The van der Waals surface area contributed by atoms with Gasteiger partial charge < -0.3 is 4.90 Å². The number of carbonyl (C=O) groups excluding carboxylic acids is 3. The molecular formula is C17H20N2O3. The molecule has 1 heterocycles. The maximum atomic E-state index is 12.4. The first-order valence-electron chi connectivity index (χ1n) is 7.27. The van der Waals surface area contributed by atoms with Gasteiger partial charge in [-0.15, -0.1) is 0 Å². The minimum atomic E-state index is -0.119. The molecule has 1 amide bonds. The fourth-order valence-electron chi connectivity index (χ4n) is 2.43. The van der Waals surface area contributed by atoms with Crippen molar-refractivity contribution in [3.8, 4) is 0 Å². The van der Waals surface area contributed by atoms with E-state index in [4.69, 9.17) is 0 Å². The fourth-order valence-corrected chi connectivity index (χ4v) is 2.43. The Balaban J connectivity index is 2.18. The number of carbonyl (C=O) groups is 3. The van der Waals surface area contributed by atoms with Crippen molar-refractivity contribution >= 4 is 28.5 Å². The Morgan fingerprint density at radius 3 is 2.45 bits per heavy atom. The number of rotatable bonds is 5. The van der Waals surface area contributed by atoms with Crippen LogP contribution in [0.25, 0.3) is 10.9 Å². The van der Waals surface area contributed by atoms with Crippen molar-refractivity contribution in [2.24, 2.45) is 0 Å². The van der Waals surface area contributed by atoms with Gasteiger partial charge in [0.25, 0.3) is 0 Å². The lowest BCUT2D eigenvalue weighted by Gasteiger charge is -2.13. The third kappa shape index (κ3) is 3.24. The van der Waals surface area contributed by atoms with Crippen molar-refractivity contribution in [2.75, 3.05) is 13.6 Å². The Bertz CT molecular complexity index is 731. The third-order valence-electron chi connectivity index (χ3n) is 3.79. The van der Waals surface area contributed by atoms with Gasteiger partial charge in [-0.1, -0.05) is 18.2 Å². The van der Waals surface area contributed by atoms with Gasteiger partial charge >= 0.3 is 0 Å². The molecule has 1 aromatic heterocycles. The highest BCUT2D eigenvalue weighted by atomic mass is 16.2. The zero-order valence-electron chi connectivity index (χ0n) is 13.1. The summed E-state index contributed by atoms with van der Waals surface area (Å²) in [6.45, 7) is 3.53. The number of Topliss-reactive ketones (excluding diaryl/α,β-unsaturated/α-hetero) is 1. The van der Waals surface area contributed by atoms with Crippen molar-refractivity contribution in [1.82, 2.24) is 9.47 Å². The number of hydrogen-bond acceptors (Lipinski definition) is 3. The predicted octanol–water partition coefficient (Wildman–Crippen LogP) is 2.74. The normalized spacial score (nSPS) is 10.7. The van der Waals surface area contributed by atoms with Gasteiger partial charge in [0.2, 0.25) is 11.8 Å². The molecule has 0 aliphatic heterocycles. The molecule has 116 valence electrons. The van der Waals surface area contributed by atoms with Gasteiger partial charge in [0, 0.05) is 51.0 Å². The second-order valence-electron chi connectivity index (χ2n) is 5.42. The summed E-state index contributed by atoms with van der Waals surface area (Å²) in [5.41, 5.74) is 1.32. The lowest BCUT2D eigenvalue weighted by molar-refractivity contribution is -0.127. The number of aromatic nitrogens is 1. The van der Waals surface area contributed by atoms with Crippen molar-refractivity contribution in [3.05, 3.63) is 36.0 Å². The van der Waals surface area contributed by atoms with E-state index in [0.29, 0.717) is 24.9 Å². The van der Waals surface area contributed by atoms with E-state index in [1.165, 1.54) is 18.4 Å². The summed E-state index contributed by atoms with van der Waals surface area (Å²) < 4.78 is 1.50. The van der Waals surface area contributed by atoms with E-state index in [2.05, 4.69) is 0 Å². The molecule has 2 rings (SSSR count). The zero-order valence-corrected chi connectivity index (χ0v) is 13.1. The SMILES string of the molecule is CC(=O)N(C)CCCC(=O)c1cn(C(C)=O)c2ccccc12. The number of hydrogen-bond donors (Lipinski definition) is 0. The van der Waals surface area contributed by atoms with Crippen LogP contribution in [0, 0.1) is 0 Å². The van der Waals surface area contributed by atoms with Crippen molar-refractivity contribution in [1.29, 1.82) is 0 Å². The molecule has 22 heavy (non-hydrogen) atoms. The van der Waals surface area contributed by atoms with Crippen LogP contribution in [0.1, 0.15) is 41.8 Å². The minimum Gasteiger partial charge on any atom is -0.346 e. The summed E-state index contributed by atoms with van der Waals surface area (Å²) in [7, 11) is 1.72. The first-order valence-corrected chi connectivity index (χ1v) is 7.27. The van der Waals surface area contributed by atoms with Gasteiger partial charge in [0.1, 0.15) is 0 Å². The van der Waals surface area contributed by atoms with Gasteiger partial charge in [-0.2, -0.15) is 0 Å². The summed E-state index contributed by atoms with van der Waals surface area (Å²) in [6.07, 6.45) is 2.57. The molecule has 0 aliphatic carbocycles. The van der Waals surface area contributed by atoms with E-state index in [9.17, 15) is 14.4 Å². The van der Waals surface area contributed by atoms with Crippen LogP contribution in [-0.2, 0) is 4.79 Å². The van der Waals surface area contributed by atoms with Gasteiger partial charge in [-0.05, 0) is 12.5 Å². The molecule has 0 spiro atoms. The quantitative estimate of drug-likeness (QED) is 0.798. The molecule has 0 aliphatic rings. The molecular weight excluding hydrogens is 280 g/mol. The Labute approximate surface area is 129 Å². The Hall–Kier alpha value is -2.43. The molecule has 0 bridgehead atoms. The highest BCUT2D eigenvalue weighted by molar-refractivity contribution is 6.10. The molecule has 5 nitrogen and oxygen atoms in total. The van der Waals surface area contributed by atoms with Crippen LogP contribution in [0.2, 0.25) is 0 Å². The summed E-state index contributed by atoms with van der Waals surface area (Å²) in [5, 5.41) is 0.794. The standard InChI is InChI=1S/C17H20N2O3/c1-12(20)18(3)10-6-9-17(22)15-11-19(13(2)21)16-8-5-4-7-14(15)16/h4-5,7-8,11H,6,9-10H2,1-3H3. The van der Waals surface area contributed by atoms with Crippen LogP contribution >= 0.6 is 0 Å². The minimum absolute atomic E-state index is 0.00634. The Kier molecular flexibility index (Phi) is 4.75. The van der Waals surface area contributed by atoms with Crippen LogP contribution < -0.4 is 0 Å². The summed E-state index contributed by atoms with van der Waals surface area (Å²) >= 11 is 0. The highest BCUT2D eigenvalue weighted by Gasteiger charge is 2.16. The molecule has 0 unspecified atom stereocenters. The molecule has 0 saturated heterocycles. The monoisotopic (exact) mass is 300 g/mol. The first-order chi connectivity index (χ1) is 10.4. The predicted molar refractivity (Wildman–Crippen MR) is 85.1 cm³/mol. The number of para-hydroxylation sites is 1. The maximum absolute atomic E-state index is 12.4. The van der Waals surface area contributed by atoms with Crippen molar-refractivity contribution in [2.45, 2.75) is 26.7 Å². The second-order valence-corrected chi connectivity index (χ2v) is 5.42. The van der Waals surface area contributed by atoms with E-state index in [1.807, 2.05) is 24.3 Å². The fraction of sp³-hybridized carbons (Fsp3) is 0.353. The average molecular weight is 300 g/mol. The van der Waals surface area contributed by atoms with Gasteiger partial charge in [-0.25, -0.2) is 0 Å². The molecule has 1 aromatic carbocycles. The topological polar surface area (TPSA) is 59.4 Å². The zero-order chi connectivity index (χ0) is 16.3. The maximum Gasteiger partial charge on any atom is 0.227 e. The number of fused-ring (bicyclic) bond motifs is 1. The summed E-state index contributed by atoms with van der Waals surface area (Å²) in [4.78, 5) is 36.8. The largest absolute Gasteiger partial charge is 0.346 e. The Morgan fingerprint density at radius 1 is 1.14 bits per heavy atom. The number of benzene rings is 1.